The molecule has 2 N–H and O–H groups in total. The molecule has 2 atom stereocenters. The summed E-state index contributed by atoms with van der Waals surface area (Å²) < 4.78 is 7.54. The number of aryl methyl sites for hydroxylation is 1. The maximum absolute atomic E-state index is 12.0. The minimum atomic E-state index is -0.657. The Morgan fingerprint density at radius 1 is 1.39 bits per heavy atom. The van der Waals surface area contributed by atoms with E-state index in [-0.39, 0.29) is 12.7 Å². The highest BCUT2D eigenvalue weighted by Crippen LogP contribution is 2.26. The van der Waals surface area contributed by atoms with Crippen molar-refractivity contribution in [1.82, 2.24) is 9.13 Å². The standard InChI is InChI=1S/C11H16N2O5/c1-7-4-12(9-3-2-8(5-14)18-9)11(17)13(6-15)10(7)16/h4,8-9,14-15H,2-3,5-6H2,1H3/t8-,9+/m0/s1. The Morgan fingerprint density at radius 2 is 2.11 bits per heavy atom. The molecule has 0 spiro atoms. The van der Waals surface area contributed by atoms with Crippen LogP contribution in [0, 0.1) is 6.92 Å². The fraction of sp³-hybridized carbons (Fsp3) is 0.636. The molecule has 0 radical (unpaired) electrons. The van der Waals surface area contributed by atoms with Gasteiger partial charge < -0.3 is 14.9 Å². The molecule has 7 heteroatoms. The van der Waals surface area contributed by atoms with Crippen LogP contribution in [-0.2, 0) is 11.5 Å². The van der Waals surface area contributed by atoms with Gasteiger partial charge in [-0.1, -0.05) is 0 Å². The first-order valence-corrected chi connectivity index (χ1v) is 5.78. The zero-order chi connectivity index (χ0) is 13.3. The Kier molecular flexibility index (Phi) is 3.65. The lowest BCUT2D eigenvalue weighted by molar-refractivity contribution is -0.0259. The van der Waals surface area contributed by atoms with Crippen molar-refractivity contribution in [2.24, 2.45) is 0 Å². The number of aliphatic hydroxyl groups excluding tert-OH is 2. The van der Waals surface area contributed by atoms with E-state index in [1.165, 1.54) is 10.8 Å². The van der Waals surface area contributed by atoms with Crippen molar-refractivity contribution in [3.8, 4) is 0 Å². The lowest BCUT2D eigenvalue weighted by Crippen LogP contribution is -2.42. The zero-order valence-electron chi connectivity index (χ0n) is 10.1. The van der Waals surface area contributed by atoms with E-state index in [0.717, 1.165) is 4.57 Å². The molecule has 0 amide bonds. The monoisotopic (exact) mass is 256 g/mol. The second kappa shape index (κ2) is 5.05. The highest BCUT2D eigenvalue weighted by atomic mass is 16.5. The number of aliphatic hydroxyl groups is 2. The van der Waals surface area contributed by atoms with Crippen LogP contribution in [0.3, 0.4) is 0 Å². The highest BCUT2D eigenvalue weighted by Gasteiger charge is 2.27. The Labute approximate surface area is 103 Å². The Balaban J connectivity index is 2.44. The van der Waals surface area contributed by atoms with Gasteiger partial charge in [-0.3, -0.25) is 9.36 Å². The second-order valence-corrected chi connectivity index (χ2v) is 4.35. The molecule has 18 heavy (non-hydrogen) atoms. The first-order chi connectivity index (χ1) is 8.58. The summed E-state index contributed by atoms with van der Waals surface area (Å²) in [6, 6.07) is 0. The normalized spacial score (nSPS) is 23.5. The van der Waals surface area contributed by atoms with Gasteiger partial charge in [-0.2, -0.15) is 0 Å². The number of aromatic nitrogens is 2. The molecule has 0 bridgehead atoms. The Bertz CT molecular complexity index is 547. The third-order valence-electron chi connectivity index (χ3n) is 3.11. The van der Waals surface area contributed by atoms with Gasteiger partial charge in [0, 0.05) is 11.8 Å². The van der Waals surface area contributed by atoms with Gasteiger partial charge in [-0.15, -0.1) is 0 Å². The third-order valence-corrected chi connectivity index (χ3v) is 3.11. The molecule has 0 unspecified atom stereocenters. The summed E-state index contributed by atoms with van der Waals surface area (Å²) in [7, 11) is 0. The molecule has 1 aliphatic rings. The van der Waals surface area contributed by atoms with Gasteiger partial charge in [0.2, 0.25) is 0 Å². The van der Waals surface area contributed by atoms with Crippen LogP contribution < -0.4 is 11.2 Å². The third kappa shape index (κ3) is 2.12. The van der Waals surface area contributed by atoms with Crippen molar-refractivity contribution in [3.63, 3.8) is 0 Å². The van der Waals surface area contributed by atoms with E-state index in [4.69, 9.17) is 14.9 Å². The summed E-state index contributed by atoms with van der Waals surface area (Å²) in [6.45, 7) is 0.822. The average molecular weight is 256 g/mol. The average Bonchev–Trinajstić information content (AvgIpc) is 2.83. The van der Waals surface area contributed by atoms with E-state index in [2.05, 4.69) is 0 Å². The van der Waals surface area contributed by atoms with Gasteiger partial charge in [0.25, 0.3) is 5.56 Å². The molecule has 0 aromatic carbocycles. The van der Waals surface area contributed by atoms with Gasteiger partial charge in [0.1, 0.15) is 13.0 Å². The minimum absolute atomic E-state index is 0.0934. The number of rotatable bonds is 3. The number of hydrogen-bond donors (Lipinski definition) is 2. The fourth-order valence-corrected chi connectivity index (χ4v) is 2.11. The van der Waals surface area contributed by atoms with Crippen molar-refractivity contribution in [2.75, 3.05) is 6.61 Å². The van der Waals surface area contributed by atoms with E-state index in [1.807, 2.05) is 0 Å². The van der Waals surface area contributed by atoms with E-state index in [0.29, 0.717) is 18.4 Å². The predicted octanol–water partition coefficient (Wildman–Crippen LogP) is -1.06. The van der Waals surface area contributed by atoms with E-state index in [9.17, 15) is 9.59 Å². The van der Waals surface area contributed by atoms with Gasteiger partial charge >= 0.3 is 5.69 Å². The number of hydrogen-bond acceptors (Lipinski definition) is 5. The van der Waals surface area contributed by atoms with Crippen molar-refractivity contribution < 1.29 is 14.9 Å². The van der Waals surface area contributed by atoms with Crippen LogP contribution in [0.1, 0.15) is 24.6 Å². The lowest BCUT2D eigenvalue weighted by atomic mass is 10.2. The number of nitrogens with zero attached hydrogens (tertiary/aromatic N) is 2. The lowest BCUT2D eigenvalue weighted by Gasteiger charge is -2.17. The van der Waals surface area contributed by atoms with Crippen LogP contribution in [0.25, 0.3) is 0 Å². The molecule has 1 aliphatic heterocycles. The molecule has 2 rings (SSSR count). The summed E-state index contributed by atoms with van der Waals surface area (Å²) in [5.41, 5.74) is -0.744. The van der Waals surface area contributed by atoms with Crippen LogP contribution in [0.5, 0.6) is 0 Å². The van der Waals surface area contributed by atoms with Gasteiger partial charge in [-0.05, 0) is 19.8 Å². The predicted molar refractivity (Wildman–Crippen MR) is 62.1 cm³/mol. The highest BCUT2D eigenvalue weighted by molar-refractivity contribution is 5.03. The molecule has 1 saturated heterocycles. The molecule has 2 heterocycles. The van der Waals surface area contributed by atoms with Crippen molar-refractivity contribution in [1.29, 1.82) is 0 Å². The SMILES string of the molecule is Cc1cn([C@H]2CC[C@@H](CO)O2)c(=O)n(CO)c1=O. The fourth-order valence-electron chi connectivity index (χ4n) is 2.11. The largest absolute Gasteiger partial charge is 0.394 e. The first kappa shape index (κ1) is 13.0. The van der Waals surface area contributed by atoms with Crippen LogP contribution in [0.2, 0.25) is 0 Å². The van der Waals surface area contributed by atoms with Gasteiger partial charge in [-0.25, -0.2) is 9.36 Å². The zero-order valence-corrected chi connectivity index (χ0v) is 10.1. The second-order valence-electron chi connectivity index (χ2n) is 4.35. The van der Waals surface area contributed by atoms with Crippen LogP contribution in [0.4, 0.5) is 0 Å². The summed E-state index contributed by atoms with van der Waals surface area (Å²) in [6.07, 6.45) is 1.91. The van der Waals surface area contributed by atoms with Crippen LogP contribution in [-0.4, -0.2) is 32.1 Å². The number of ether oxygens (including phenoxy) is 1. The summed E-state index contributed by atoms with van der Waals surface area (Å²) in [5.74, 6) is 0. The summed E-state index contributed by atoms with van der Waals surface area (Å²) in [5, 5.41) is 18.0. The topological polar surface area (TPSA) is 93.7 Å². The van der Waals surface area contributed by atoms with Crippen molar-refractivity contribution in [2.45, 2.75) is 38.8 Å². The maximum Gasteiger partial charge on any atom is 0.335 e. The first-order valence-electron chi connectivity index (χ1n) is 5.78. The molecule has 0 aliphatic carbocycles. The van der Waals surface area contributed by atoms with Crippen molar-refractivity contribution in [3.05, 3.63) is 32.6 Å². The van der Waals surface area contributed by atoms with Crippen LogP contribution >= 0.6 is 0 Å². The Hall–Kier alpha value is -1.44. The quantitative estimate of drug-likeness (QED) is 0.719. The molecular weight excluding hydrogens is 240 g/mol. The van der Waals surface area contributed by atoms with E-state index in [1.54, 1.807) is 6.92 Å². The molecule has 7 nitrogen and oxygen atoms in total. The Morgan fingerprint density at radius 3 is 2.67 bits per heavy atom. The van der Waals surface area contributed by atoms with E-state index >= 15 is 0 Å². The van der Waals surface area contributed by atoms with E-state index < -0.39 is 24.2 Å². The maximum atomic E-state index is 12.0. The summed E-state index contributed by atoms with van der Waals surface area (Å²) >= 11 is 0. The molecule has 100 valence electrons. The molecule has 0 saturated carbocycles. The smallest absolute Gasteiger partial charge is 0.335 e. The molecule has 1 aromatic rings. The van der Waals surface area contributed by atoms with Gasteiger partial charge in [0.05, 0.1) is 12.7 Å². The molecule has 1 fully saturated rings. The summed E-state index contributed by atoms with van der Waals surface area (Å²) in [4.78, 5) is 23.6. The molecular formula is C11H16N2O5. The van der Waals surface area contributed by atoms with Crippen LogP contribution in [0.15, 0.2) is 15.8 Å². The molecule has 1 aromatic heterocycles. The minimum Gasteiger partial charge on any atom is -0.394 e. The van der Waals surface area contributed by atoms with Gasteiger partial charge in [0.15, 0.2) is 0 Å². The van der Waals surface area contributed by atoms with Crippen molar-refractivity contribution >= 4 is 0 Å².